The summed E-state index contributed by atoms with van der Waals surface area (Å²) in [5.74, 6) is 0.498. The number of hydrogen-bond donors (Lipinski definition) is 0. The summed E-state index contributed by atoms with van der Waals surface area (Å²) in [6, 6.07) is 16.6. The van der Waals surface area contributed by atoms with Gasteiger partial charge in [-0.05, 0) is 29.8 Å². The van der Waals surface area contributed by atoms with Crippen molar-refractivity contribution in [1.29, 1.82) is 5.26 Å². The highest BCUT2D eigenvalue weighted by Crippen LogP contribution is 2.45. The summed E-state index contributed by atoms with van der Waals surface area (Å²) in [6.07, 6.45) is 0. The summed E-state index contributed by atoms with van der Waals surface area (Å²) in [5, 5.41) is 8.42. The predicted octanol–water partition coefficient (Wildman–Crippen LogP) is 3.21. The molecule has 1 aliphatic rings. The van der Waals surface area contributed by atoms with Crippen molar-refractivity contribution in [3.8, 4) is 11.8 Å². The molecule has 2 aromatic carbocycles. The van der Waals surface area contributed by atoms with Crippen molar-refractivity contribution in [2.45, 2.75) is 15.0 Å². The lowest BCUT2D eigenvalue weighted by Crippen LogP contribution is -2.01. The van der Waals surface area contributed by atoms with Gasteiger partial charge in [0.05, 0.1) is 15.9 Å². The van der Waals surface area contributed by atoms with Gasteiger partial charge in [0.15, 0.2) is 16.4 Å². The summed E-state index contributed by atoms with van der Waals surface area (Å²) < 4.78 is 29.9. The van der Waals surface area contributed by atoms with Crippen LogP contribution < -0.4 is 4.74 Å². The molecule has 112 valence electrons. The van der Waals surface area contributed by atoms with Crippen LogP contribution in [0.1, 0.15) is 10.8 Å². The van der Waals surface area contributed by atoms with Gasteiger partial charge in [0.2, 0.25) is 0 Å². The van der Waals surface area contributed by atoms with Gasteiger partial charge in [0.25, 0.3) is 0 Å². The Bertz CT molecular complexity index is 826. The third-order valence-corrected chi connectivity index (χ3v) is 6.62. The highest BCUT2D eigenvalue weighted by atomic mass is 32.2. The van der Waals surface area contributed by atoms with E-state index in [1.807, 2.05) is 36.4 Å². The Morgan fingerprint density at radius 3 is 2.73 bits per heavy atom. The molecule has 0 bridgehead atoms. The van der Waals surface area contributed by atoms with Crippen molar-refractivity contribution in [3.63, 3.8) is 0 Å². The fourth-order valence-corrected chi connectivity index (χ4v) is 5.88. The highest BCUT2D eigenvalue weighted by molar-refractivity contribution is 8.01. The van der Waals surface area contributed by atoms with E-state index >= 15 is 0 Å². The molecule has 1 aliphatic heterocycles. The van der Waals surface area contributed by atoms with E-state index in [0.29, 0.717) is 10.6 Å². The Morgan fingerprint density at radius 2 is 2.00 bits per heavy atom. The lowest BCUT2D eigenvalue weighted by atomic mass is 10.1. The summed E-state index contributed by atoms with van der Waals surface area (Å²) in [4.78, 5) is 1.36. The quantitative estimate of drug-likeness (QED) is 0.860. The topological polar surface area (TPSA) is 67.2 Å². The van der Waals surface area contributed by atoms with Gasteiger partial charge in [-0.15, -0.1) is 11.8 Å². The summed E-state index contributed by atoms with van der Waals surface area (Å²) in [6.45, 7) is -0.0962. The Kier molecular flexibility index (Phi) is 4.10. The van der Waals surface area contributed by atoms with Crippen LogP contribution in [0, 0.1) is 11.3 Å². The minimum atomic E-state index is -3.31. The number of sulfone groups is 1. The fourth-order valence-electron chi connectivity index (χ4n) is 2.40. The molecule has 0 aromatic heterocycles. The maximum Gasteiger partial charge on any atom is 0.180 e. The molecule has 0 spiro atoms. The van der Waals surface area contributed by atoms with Crippen molar-refractivity contribution >= 4 is 21.6 Å². The van der Waals surface area contributed by atoms with Crippen LogP contribution in [0.4, 0.5) is 0 Å². The average molecular weight is 331 g/mol. The fraction of sp³-hybridized carbons (Fsp3) is 0.188. The van der Waals surface area contributed by atoms with Gasteiger partial charge >= 0.3 is 0 Å². The smallest absolute Gasteiger partial charge is 0.180 e. The Morgan fingerprint density at radius 1 is 1.23 bits per heavy atom. The molecule has 2 aromatic rings. The van der Waals surface area contributed by atoms with E-state index in [9.17, 15) is 8.42 Å². The zero-order valence-electron chi connectivity index (χ0n) is 11.6. The summed E-state index contributed by atoms with van der Waals surface area (Å²) in [5.41, 5.74) is 0.804. The number of rotatable bonds is 4. The van der Waals surface area contributed by atoms with E-state index in [1.165, 1.54) is 6.07 Å². The molecule has 1 unspecified atom stereocenters. The lowest BCUT2D eigenvalue weighted by molar-refractivity contribution is 0.367. The molecule has 0 amide bonds. The van der Waals surface area contributed by atoms with E-state index in [-0.39, 0.29) is 17.6 Å². The normalized spacial score (nSPS) is 18.4. The molecule has 0 saturated carbocycles. The van der Waals surface area contributed by atoms with Gasteiger partial charge in [-0.2, -0.15) is 5.26 Å². The first-order valence-corrected chi connectivity index (χ1v) is 9.21. The van der Waals surface area contributed by atoms with Crippen molar-refractivity contribution < 1.29 is 13.2 Å². The number of benzene rings is 2. The van der Waals surface area contributed by atoms with Crippen LogP contribution in [0.15, 0.2) is 58.3 Å². The second-order valence-corrected chi connectivity index (χ2v) is 8.13. The van der Waals surface area contributed by atoms with Crippen LogP contribution in [-0.2, 0) is 9.84 Å². The first kappa shape index (κ1) is 14.9. The maximum absolute atomic E-state index is 12.3. The minimum absolute atomic E-state index is 0.0869. The van der Waals surface area contributed by atoms with E-state index in [0.717, 1.165) is 10.5 Å². The van der Waals surface area contributed by atoms with Gasteiger partial charge in [-0.25, -0.2) is 8.42 Å². The standard InChI is InChI=1S/C16H13NO3S2/c17-8-9-20-12-6-7-14-15(11-22(18,19)16(14)10-12)21-13-4-2-1-3-5-13/h1-7,10,15H,9,11H2. The van der Waals surface area contributed by atoms with E-state index in [2.05, 4.69) is 0 Å². The van der Waals surface area contributed by atoms with Crippen LogP contribution in [0.3, 0.4) is 0 Å². The predicted molar refractivity (Wildman–Crippen MR) is 84.6 cm³/mol. The number of hydrogen-bond acceptors (Lipinski definition) is 5. The number of ether oxygens (including phenoxy) is 1. The Balaban J connectivity index is 1.92. The zero-order valence-corrected chi connectivity index (χ0v) is 13.2. The zero-order chi connectivity index (χ0) is 15.6. The lowest BCUT2D eigenvalue weighted by Gasteiger charge is -2.10. The molecule has 3 rings (SSSR count). The molecule has 0 fully saturated rings. The second-order valence-electron chi connectivity index (χ2n) is 4.85. The van der Waals surface area contributed by atoms with Crippen LogP contribution >= 0.6 is 11.8 Å². The van der Waals surface area contributed by atoms with E-state index < -0.39 is 9.84 Å². The minimum Gasteiger partial charge on any atom is -0.479 e. The number of nitriles is 1. The number of fused-ring (bicyclic) bond motifs is 1. The molecule has 4 nitrogen and oxygen atoms in total. The SMILES string of the molecule is N#CCOc1ccc2c(c1)S(=O)(=O)CC2Sc1ccccc1. The van der Waals surface area contributed by atoms with E-state index in [4.69, 9.17) is 10.00 Å². The molecule has 6 heteroatoms. The summed E-state index contributed by atoms with van der Waals surface area (Å²) >= 11 is 1.55. The Hall–Kier alpha value is -1.97. The van der Waals surface area contributed by atoms with Gasteiger partial charge in [-0.1, -0.05) is 24.3 Å². The largest absolute Gasteiger partial charge is 0.479 e. The van der Waals surface area contributed by atoms with Crippen LogP contribution in [0.25, 0.3) is 0 Å². The molecule has 1 atom stereocenters. The van der Waals surface area contributed by atoms with Crippen molar-refractivity contribution in [3.05, 3.63) is 54.1 Å². The average Bonchev–Trinajstić information content (AvgIpc) is 2.77. The first-order chi connectivity index (χ1) is 10.6. The molecule has 0 saturated heterocycles. The van der Waals surface area contributed by atoms with Gasteiger partial charge in [-0.3, -0.25) is 0 Å². The van der Waals surface area contributed by atoms with Crippen molar-refractivity contribution in [2.24, 2.45) is 0 Å². The monoisotopic (exact) mass is 331 g/mol. The Labute approximate surface area is 133 Å². The molecular formula is C16H13NO3S2. The third-order valence-electron chi connectivity index (χ3n) is 3.36. The van der Waals surface area contributed by atoms with E-state index in [1.54, 1.807) is 23.9 Å². The second kappa shape index (κ2) is 6.03. The molecule has 22 heavy (non-hydrogen) atoms. The third kappa shape index (κ3) is 2.96. The maximum atomic E-state index is 12.3. The number of thioether (sulfide) groups is 1. The molecule has 0 radical (unpaired) electrons. The van der Waals surface area contributed by atoms with Gasteiger partial charge in [0, 0.05) is 4.90 Å². The van der Waals surface area contributed by atoms with Crippen molar-refractivity contribution in [1.82, 2.24) is 0 Å². The molecule has 0 aliphatic carbocycles. The van der Waals surface area contributed by atoms with Gasteiger partial charge in [0.1, 0.15) is 11.8 Å². The molecule has 1 heterocycles. The molecule has 0 N–H and O–H groups in total. The van der Waals surface area contributed by atoms with Crippen LogP contribution in [0.2, 0.25) is 0 Å². The molecular weight excluding hydrogens is 318 g/mol. The van der Waals surface area contributed by atoms with Crippen LogP contribution in [0.5, 0.6) is 5.75 Å². The summed E-state index contributed by atoms with van der Waals surface area (Å²) in [7, 11) is -3.31. The first-order valence-electron chi connectivity index (χ1n) is 6.68. The van der Waals surface area contributed by atoms with Crippen LogP contribution in [-0.4, -0.2) is 20.8 Å². The van der Waals surface area contributed by atoms with Crippen molar-refractivity contribution in [2.75, 3.05) is 12.4 Å². The van der Waals surface area contributed by atoms with Gasteiger partial charge < -0.3 is 4.74 Å². The number of nitrogens with zero attached hydrogens (tertiary/aromatic N) is 1. The highest BCUT2D eigenvalue weighted by Gasteiger charge is 2.35.